The minimum Gasteiger partial charge on any atom is -0.444 e. The van der Waals surface area contributed by atoms with Crippen molar-refractivity contribution in [3.8, 4) is 0 Å². The number of ether oxygens (including phenoxy) is 1. The van der Waals surface area contributed by atoms with Crippen LogP contribution >= 0.6 is 11.6 Å². The Bertz CT molecular complexity index is 835. The number of rotatable bonds is 3. The molecule has 1 aromatic heterocycles. The molecule has 1 aromatic carbocycles. The van der Waals surface area contributed by atoms with Gasteiger partial charge in [-0.3, -0.25) is 4.79 Å². The first-order valence-electron chi connectivity index (χ1n) is 9.12. The predicted octanol–water partition coefficient (Wildman–Crippen LogP) is 3.59. The fraction of sp³-hybridized carbons (Fsp3) is 0.526. The van der Waals surface area contributed by atoms with E-state index in [1.54, 1.807) is 23.4 Å². The Labute approximate surface area is 163 Å². The summed E-state index contributed by atoms with van der Waals surface area (Å²) in [5, 5.41) is 3.46. The molecule has 0 aliphatic carbocycles. The van der Waals surface area contributed by atoms with Crippen LogP contribution in [0.1, 0.15) is 44.0 Å². The molecule has 146 valence electrons. The maximum absolute atomic E-state index is 12.6. The lowest BCUT2D eigenvalue weighted by atomic mass is 9.97. The minimum absolute atomic E-state index is 0.191. The molecule has 1 saturated heterocycles. The van der Waals surface area contributed by atoms with Gasteiger partial charge in [-0.05, 0) is 51.7 Å². The van der Waals surface area contributed by atoms with E-state index in [1.165, 1.54) is 0 Å². The number of aromatic nitrogens is 2. The molecular weight excluding hydrogens is 368 g/mol. The first kappa shape index (κ1) is 19.5. The van der Waals surface area contributed by atoms with E-state index >= 15 is 0 Å². The van der Waals surface area contributed by atoms with Gasteiger partial charge >= 0.3 is 6.09 Å². The van der Waals surface area contributed by atoms with E-state index in [0.29, 0.717) is 41.7 Å². The van der Waals surface area contributed by atoms with Gasteiger partial charge in [0.15, 0.2) is 0 Å². The summed E-state index contributed by atoms with van der Waals surface area (Å²) in [6.07, 6.45) is 2.93. The predicted molar refractivity (Wildman–Crippen MR) is 104 cm³/mol. The van der Waals surface area contributed by atoms with Gasteiger partial charge in [0.25, 0.3) is 5.91 Å². The molecule has 1 aliphatic rings. The molecule has 0 radical (unpaired) electrons. The summed E-state index contributed by atoms with van der Waals surface area (Å²) in [6.45, 7) is 7.41. The third-order valence-electron chi connectivity index (χ3n) is 4.55. The van der Waals surface area contributed by atoms with Crippen LogP contribution in [-0.4, -0.2) is 52.1 Å². The van der Waals surface area contributed by atoms with Crippen molar-refractivity contribution >= 4 is 34.6 Å². The first-order chi connectivity index (χ1) is 12.7. The molecule has 0 saturated carbocycles. The van der Waals surface area contributed by atoms with E-state index in [-0.39, 0.29) is 12.0 Å². The molecule has 1 aliphatic heterocycles. The standard InChI is InChI=1S/C19H25ClN4O3/c1-19(2,3)27-18(26)24-6-4-12(5-7-24)10-21-17(25)14-8-13(20)9-15-16(14)23-11-22-15/h8-9,11-12H,4-7,10H2,1-3H3,(H,21,25)(H,22,23). The third-order valence-corrected chi connectivity index (χ3v) is 4.77. The quantitative estimate of drug-likeness (QED) is 0.835. The van der Waals surface area contributed by atoms with Gasteiger partial charge in [-0.1, -0.05) is 11.6 Å². The van der Waals surface area contributed by atoms with E-state index in [4.69, 9.17) is 16.3 Å². The Morgan fingerprint density at radius 2 is 2.04 bits per heavy atom. The smallest absolute Gasteiger partial charge is 0.410 e. The van der Waals surface area contributed by atoms with Crippen LogP contribution in [0.2, 0.25) is 5.02 Å². The van der Waals surface area contributed by atoms with Crippen LogP contribution in [0.4, 0.5) is 4.79 Å². The van der Waals surface area contributed by atoms with Gasteiger partial charge in [0.05, 0.1) is 17.4 Å². The number of hydrogen-bond acceptors (Lipinski definition) is 4. The molecule has 0 spiro atoms. The Morgan fingerprint density at radius 3 is 2.70 bits per heavy atom. The van der Waals surface area contributed by atoms with Gasteiger partial charge in [-0.25, -0.2) is 9.78 Å². The second-order valence-electron chi connectivity index (χ2n) is 7.87. The summed E-state index contributed by atoms with van der Waals surface area (Å²) in [6, 6.07) is 3.37. The SMILES string of the molecule is CC(C)(C)OC(=O)N1CCC(CNC(=O)c2cc(Cl)cc3[nH]cnc23)CC1. The lowest BCUT2D eigenvalue weighted by Crippen LogP contribution is -2.43. The maximum Gasteiger partial charge on any atom is 0.410 e. The zero-order valence-electron chi connectivity index (χ0n) is 15.8. The van der Waals surface area contributed by atoms with Crippen molar-refractivity contribution in [1.82, 2.24) is 20.2 Å². The average Bonchev–Trinajstić information content (AvgIpc) is 3.06. The fourth-order valence-corrected chi connectivity index (χ4v) is 3.38. The van der Waals surface area contributed by atoms with Crippen LogP contribution in [0.5, 0.6) is 0 Å². The number of carbonyl (C=O) groups excluding carboxylic acids is 2. The molecule has 7 nitrogen and oxygen atoms in total. The van der Waals surface area contributed by atoms with Crippen molar-refractivity contribution in [2.75, 3.05) is 19.6 Å². The topological polar surface area (TPSA) is 87.3 Å². The molecule has 3 rings (SSSR count). The number of piperidine rings is 1. The van der Waals surface area contributed by atoms with Crippen molar-refractivity contribution in [1.29, 1.82) is 0 Å². The minimum atomic E-state index is -0.490. The van der Waals surface area contributed by atoms with Gasteiger partial charge in [0.2, 0.25) is 0 Å². The monoisotopic (exact) mass is 392 g/mol. The number of carbonyl (C=O) groups is 2. The normalized spacial score (nSPS) is 15.8. The highest BCUT2D eigenvalue weighted by molar-refractivity contribution is 6.32. The number of aromatic amines is 1. The first-order valence-corrected chi connectivity index (χ1v) is 9.49. The lowest BCUT2D eigenvalue weighted by molar-refractivity contribution is 0.0183. The van der Waals surface area contributed by atoms with Crippen molar-refractivity contribution in [2.24, 2.45) is 5.92 Å². The van der Waals surface area contributed by atoms with E-state index in [1.807, 2.05) is 20.8 Å². The Morgan fingerprint density at radius 1 is 1.33 bits per heavy atom. The van der Waals surface area contributed by atoms with Gasteiger partial charge in [-0.15, -0.1) is 0 Å². The average molecular weight is 393 g/mol. The summed E-state index contributed by atoms with van der Waals surface area (Å²) < 4.78 is 5.41. The lowest BCUT2D eigenvalue weighted by Gasteiger charge is -2.33. The van der Waals surface area contributed by atoms with Gasteiger partial charge in [0, 0.05) is 24.7 Å². The number of fused-ring (bicyclic) bond motifs is 1. The number of halogens is 1. The van der Waals surface area contributed by atoms with Crippen molar-refractivity contribution in [3.63, 3.8) is 0 Å². The molecule has 0 unspecified atom stereocenters. The van der Waals surface area contributed by atoms with Crippen LogP contribution in [0.3, 0.4) is 0 Å². The number of amides is 2. The highest BCUT2D eigenvalue weighted by Crippen LogP contribution is 2.22. The molecule has 8 heteroatoms. The number of hydrogen-bond donors (Lipinski definition) is 2. The molecular formula is C19H25ClN4O3. The second kappa shape index (κ2) is 7.76. The van der Waals surface area contributed by atoms with Gasteiger partial charge < -0.3 is 19.9 Å². The fourth-order valence-electron chi connectivity index (χ4n) is 3.17. The van der Waals surface area contributed by atoms with Crippen LogP contribution in [0.25, 0.3) is 11.0 Å². The Hall–Kier alpha value is -2.28. The molecule has 1 fully saturated rings. The highest BCUT2D eigenvalue weighted by atomic mass is 35.5. The zero-order valence-corrected chi connectivity index (χ0v) is 16.6. The summed E-state index contributed by atoms with van der Waals surface area (Å²) in [4.78, 5) is 33.6. The number of nitrogens with zero attached hydrogens (tertiary/aromatic N) is 2. The number of H-pyrrole nitrogens is 1. The summed E-state index contributed by atoms with van der Waals surface area (Å²) in [5.74, 6) is 0.130. The molecule has 2 N–H and O–H groups in total. The Balaban J connectivity index is 1.52. The number of imidazole rings is 1. The van der Waals surface area contributed by atoms with Crippen molar-refractivity contribution in [2.45, 2.75) is 39.2 Å². The molecule has 27 heavy (non-hydrogen) atoms. The number of nitrogens with one attached hydrogen (secondary N) is 2. The summed E-state index contributed by atoms with van der Waals surface area (Å²) in [7, 11) is 0. The molecule has 2 amide bonds. The number of likely N-dealkylation sites (tertiary alicyclic amines) is 1. The summed E-state index contributed by atoms with van der Waals surface area (Å²) >= 11 is 6.09. The Kier molecular flexibility index (Phi) is 5.60. The van der Waals surface area contributed by atoms with E-state index in [2.05, 4.69) is 15.3 Å². The van der Waals surface area contributed by atoms with Crippen molar-refractivity contribution < 1.29 is 14.3 Å². The molecule has 2 heterocycles. The second-order valence-corrected chi connectivity index (χ2v) is 8.31. The number of benzene rings is 1. The zero-order chi connectivity index (χ0) is 19.6. The maximum atomic E-state index is 12.6. The summed E-state index contributed by atoms with van der Waals surface area (Å²) in [5.41, 5.74) is 1.32. The molecule has 2 aromatic rings. The van der Waals surface area contributed by atoms with Crippen LogP contribution in [0, 0.1) is 5.92 Å². The van der Waals surface area contributed by atoms with Crippen LogP contribution in [-0.2, 0) is 4.74 Å². The van der Waals surface area contributed by atoms with Crippen LogP contribution < -0.4 is 5.32 Å². The van der Waals surface area contributed by atoms with E-state index in [9.17, 15) is 9.59 Å². The van der Waals surface area contributed by atoms with Gasteiger partial charge in [-0.2, -0.15) is 0 Å². The van der Waals surface area contributed by atoms with E-state index in [0.717, 1.165) is 18.4 Å². The highest BCUT2D eigenvalue weighted by Gasteiger charge is 2.27. The third kappa shape index (κ3) is 4.91. The van der Waals surface area contributed by atoms with Crippen LogP contribution in [0.15, 0.2) is 18.5 Å². The molecule has 0 atom stereocenters. The van der Waals surface area contributed by atoms with E-state index < -0.39 is 5.60 Å². The largest absolute Gasteiger partial charge is 0.444 e. The van der Waals surface area contributed by atoms with Crippen molar-refractivity contribution in [3.05, 3.63) is 29.0 Å². The van der Waals surface area contributed by atoms with Gasteiger partial charge in [0.1, 0.15) is 11.1 Å². The molecule has 0 bridgehead atoms.